The third-order valence-corrected chi connectivity index (χ3v) is 4.19. The molecule has 0 bridgehead atoms. The van der Waals surface area contributed by atoms with Gasteiger partial charge in [-0.1, -0.05) is 35.9 Å². The van der Waals surface area contributed by atoms with Crippen molar-refractivity contribution < 1.29 is 14.5 Å². The maximum Gasteiger partial charge on any atom is 0.277 e. The molecule has 0 aliphatic carbocycles. The maximum atomic E-state index is 11.9. The predicted octanol–water partition coefficient (Wildman–Crippen LogP) is 3.27. The fourth-order valence-electron chi connectivity index (χ4n) is 2.43. The van der Waals surface area contributed by atoms with E-state index in [0.29, 0.717) is 16.4 Å². The van der Waals surface area contributed by atoms with Crippen LogP contribution in [0.15, 0.2) is 59.7 Å². The number of nitrogens with one attached hydrogen (secondary N) is 1. The van der Waals surface area contributed by atoms with E-state index in [1.807, 2.05) is 30.3 Å². The van der Waals surface area contributed by atoms with E-state index < -0.39 is 10.8 Å². The zero-order chi connectivity index (χ0) is 20.8. The quantitative estimate of drug-likeness (QED) is 0.363. The van der Waals surface area contributed by atoms with Crippen molar-refractivity contribution in [3.8, 4) is 11.4 Å². The van der Waals surface area contributed by atoms with Gasteiger partial charge in [0.1, 0.15) is 10.9 Å². The predicted molar refractivity (Wildman–Crippen MR) is 108 cm³/mol. The van der Waals surface area contributed by atoms with Gasteiger partial charge in [0.25, 0.3) is 11.6 Å². The normalized spacial score (nSPS) is 10.8. The molecule has 9 nitrogen and oxygen atoms in total. The second kappa shape index (κ2) is 8.98. The summed E-state index contributed by atoms with van der Waals surface area (Å²) in [4.78, 5) is 22.1. The van der Waals surface area contributed by atoms with Crippen LogP contribution in [0.2, 0.25) is 5.15 Å². The second-order valence-electron chi connectivity index (χ2n) is 5.87. The molecule has 3 aromatic rings. The van der Waals surface area contributed by atoms with Crippen molar-refractivity contribution in [2.75, 3.05) is 6.61 Å². The average molecular weight is 414 g/mol. The van der Waals surface area contributed by atoms with Crippen molar-refractivity contribution in [2.45, 2.75) is 6.92 Å². The standard InChI is InChI=1S/C19H16ClN5O4/c1-13-17(19(20)24(23-13)14-6-3-2-4-7-14)11-21-22-18(26)12-29-16-9-5-8-15(10-16)25(27)28/h2-11H,12H2,1H3,(H,22,26)/b21-11-. The van der Waals surface area contributed by atoms with E-state index in [-0.39, 0.29) is 18.0 Å². The number of hydrogen-bond donors (Lipinski definition) is 1. The Labute approximate surface area is 170 Å². The van der Waals surface area contributed by atoms with Crippen molar-refractivity contribution in [3.63, 3.8) is 0 Å². The van der Waals surface area contributed by atoms with Gasteiger partial charge in [-0.15, -0.1) is 0 Å². The van der Waals surface area contributed by atoms with Crippen molar-refractivity contribution in [3.05, 3.63) is 81.1 Å². The molecule has 3 rings (SSSR count). The fraction of sp³-hybridized carbons (Fsp3) is 0.105. The van der Waals surface area contributed by atoms with Crippen molar-refractivity contribution in [1.82, 2.24) is 15.2 Å². The summed E-state index contributed by atoms with van der Waals surface area (Å²) in [6.45, 7) is 1.43. The van der Waals surface area contributed by atoms with Crippen LogP contribution in [0.4, 0.5) is 5.69 Å². The molecule has 0 saturated heterocycles. The van der Waals surface area contributed by atoms with E-state index in [1.165, 1.54) is 30.5 Å². The Kier molecular flexibility index (Phi) is 6.20. The number of rotatable bonds is 7. The Hall–Kier alpha value is -3.72. The van der Waals surface area contributed by atoms with Crippen LogP contribution in [0, 0.1) is 17.0 Å². The number of carbonyl (C=O) groups is 1. The van der Waals surface area contributed by atoms with Crippen LogP contribution in [-0.2, 0) is 4.79 Å². The zero-order valence-corrected chi connectivity index (χ0v) is 16.0. The average Bonchev–Trinajstić information content (AvgIpc) is 3.01. The minimum Gasteiger partial charge on any atom is -0.483 e. The lowest BCUT2D eigenvalue weighted by Crippen LogP contribution is -2.24. The van der Waals surface area contributed by atoms with Gasteiger partial charge in [0, 0.05) is 6.07 Å². The summed E-state index contributed by atoms with van der Waals surface area (Å²) < 4.78 is 6.81. The summed E-state index contributed by atoms with van der Waals surface area (Å²) in [7, 11) is 0. The summed E-state index contributed by atoms with van der Waals surface area (Å²) in [5, 5.41) is 19.4. The number of benzene rings is 2. The first-order chi connectivity index (χ1) is 14.0. The number of hydrazone groups is 1. The molecular formula is C19H16ClN5O4. The van der Waals surface area contributed by atoms with Crippen LogP contribution < -0.4 is 10.2 Å². The number of aromatic nitrogens is 2. The first-order valence-electron chi connectivity index (χ1n) is 8.45. The molecule has 0 aliphatic rings. The van der Waals surface area contributed by atoms with Crippen molar-refractivity contribution >= 4 is 29.4 Å². The highest BCUT2D eigenvalue weighted by atomic mass is 35.5. The van der Waals surface area contributed by atoms with E-state index in [2.05, 4.69) is 15.6 Å². The lowest BCUT2D eigenvalue weighted by atomic mass is 10.3. The minimum absolute atomic E-state index is 0.124. The van der Waals surface area contributed by atoms with Gasteiger partial charge in [0.05, 0.1) is 34.1 Å². The molecule has 148 valence electrons. The van der Waals surface area contributed by atoms with Gasteiger partial charge in [-0.2, -0.15) is 10.2 Å². The van der Waals surface area contributed by atoms with E-state index >= 15 is 0 Å². The lowest BCUT2D eigenvalue weighted by Gasteiger charge is -2.04. The monoisotopic (exact) mass is 413 g/mol. The van der Waals surface area contributed by atoms with Crippen LogP contribution >= 0.6 is 11.6 Å². The number of halogens is 1. The minimum atomic E-state index is -0.543. The van der Waals surface area contributed by atoms with E-state index in [1.54, 1.807) is 11.6 Å². The van der Waals surface area contributed by atoms with Gasteiger partial charge < -0.3 is 4.74 Å². The van der Waals surface area contributed by atoms with Gasteiger partial charge in [-0.05, 0) is 25.1 Å². The summed E-state index contributed by atoms with van der Waals surface area (Å²) in [6, 6.07) is 14.9. The van der Waals surface area contributed by atoms with Gasteiger partial charge in [-0.3, -0.25) is 14.9 Å². The van der Waals surface area contributed by atoms with Crippen LogP contribution in [0.5, 0.6) is 5.75 Å². The molecule has 0 atom stereocenters. The summed E-state index contributed by atoms with van der Waals surface area (Å²) in [5.74, 6) is -0.321. The SMILES string of the molecule is Cc1nn(-c2ccccc2)c(Cl)c1/C=N\NC(=O)COc1cccc([N+](=O)[O-])c1. The van der Waals surface area contributed by atoms with Gasteiger partial charge in [-0.25, -0.2) is 10.1 Å². The number of carbonyl (C=O) groups excluding carboxylic acids is 1. The Balaban J connectivity index is 1.60. The molecule has 2 aromatic carbocycles. The van der Waals surface area contributed by atoms with E-state index in [4.69, 9.17) is 16.3 Å². The molecule has 0 radical (unpaired) electrons. The highest BCUT2D eigenvalue weighted by molar-refractivity contribution is 6.32. The number of hydrogen-bond acceptors (Lipinski definition) is 6. The number of nitrogens with zero attached hydrogens (tertiary/aromatic N) is 4. The van der Waals surface area contributed by atoms with E-state index in [9.17, 15) is 14.9 Å². The molecule has 0 saturated carbocycles. The van der Waals surface area contributed by atoms with Crippen LogP contribution in [0.3, 0.4) is 0 Å². The van der Waals surface area contributed by atoms with Crippen molar-refractivity contribution in [2.24, 2.45) is 5.10 Å². The molecule has 0 spiro atoms. The lowest BCUT2D eigenvalue weighted by molar-refractivity contribution is -0.384. The van der Waals surface area contributed by atoms with Gasteiger partial charge in [0.15, 0.2) is 6.61 Å². The van der Waals surface area contributed by atoms with E-state index in [0.717, 1.165) is 5.69 Å². The third kappa shape index (κ3) is 4.96. The topological polar surface area (TPSA) is 112 Å². The number of para-hydroxylation sites is 1. The molecule has 0 fully saturated rings. The summed E-state index contributed by atoms with van der Waals surface area (Å²) in [6.07, 6.45) is 1.40. The molecule has 1 heterocycles. The molecular weight excluding hydrogens is 398 g/mol. The highest BCUT2D eigenvalue weighted by Gasteiger charge is 2.13. The maximum absolute atomic E-state index is 11.9. The summed E-state index contributed by atoms with van der Waals surface area (Å²) in [5.41, 5.74) is 4.20. The second-order valence-corrected chi connectivity index (χ2v) is 6.23. The number of aryl methyl sites for hydroxylation is 1. The number of nitro groups is 1. The molecule has 1 amide bonds. The Bertz CT molecular complexity index is 1070. The highest BCUT2D eigenvalue weighted by Crippen LogP contribution is 2.22. The Morgan fingerprint density at radius 1 is 1.31 bits per heavy atom. The first-order valence-corrected chi connectivity index (χ1v) is 8.83. The number of nitro benzene ring substituents is 1. The zero-order valence-electron chi connectivity index (χ0n) is 15.3. The molecule has 10 heteroatoms. The van der Waals surface area contributed by atoms with Crippen molar-refractivity contribution in [1.29, 1.82) is 0 Å². The number of amides is 1. The molecule has 1 N–H and O–H groups in total. The summed E-state index contributed by atoms with van der Waals surface area (Å²) >= 11 is 6.38. The smallest absolute Gasteiger partial charge is 0.277 e. The third-order valence-electron chi connectivity index (χ3n) is 3.83. The number of ether oxygens (including phenoxy) is 1. The molecule has 0 aliphatic heterocycles. The first kappa shape index (κ1) is 20.0. The van der Waals surface area contributed by atoms with Crippen LogP contribution in [0.25, 0.3) is 5.69 Å². The van der Waals surface area contributed by atoms with Crippen LogP contribution in [0.1, 0.15) is 11.3 Å². The molecule has 1 aromatic heterocycles. The molecule has 0 unspecified atom stereocenters. The van der Waals surface area contributed by atoms with Crippen LogP contribution in [-0.4, -0.2) is 33.4 Å². The van der Waals surface area contributed by atoms with Gasteiger partial charge >= 0.3 is 0 Å². The molecule has 29 heavy (non-hydrogen) atoms. The fourth-order valence-corrected chi connectivity index (χ4v) is 2.76. The number of non-ortho nitro benzene ring substituents is 1. The van der Waals surface area contributed by atoms with Gasteiger partial charge in [0.2, 0.25) is 0 Å². The largest absolute Gasteiger partial charge is 0.483 e. The Morgan fingerprint density at radius 3 is 2.79 bits per heavy atom. The Morgan fingerprint density at radius 2 is 2.07 bits per heavy atom.